The lowest BCUT2D eigenvalue weighted by molar-refractivity contribution is -0.116. The standard InChI is InChI=1S/C19H19N3O4/c1-2-26-19(25)13-9-14(20-11-13)10-16-17(21-22-18(16)24)8-5-12-3-6-15(23)7-4-12/h3-4,6-7,9-11,20,23H,2,5,8H2,1H3,(H,22,24)/b16-10+. The number of hydrogen-bond acceptors (Lipinski definition) is 5. The fraction of sp³-hybridized carbons (Fsp3) is 0.211. The summed E-state index contributed by atoms with van der Waals surface area (Å²) in [4.78, 5) is 26.7. The van der Waals surface area contributed by atoms with Crippen LogP contribution < -0.4 is 5.43 Å². The van der Waals surface area contributed by atoms with E-state index in [1.54, 1.807) is 37.4 Å². The number of esters is 1. The highest BCUT2D eigenvalue weighted by Gasteiger charge is 2.22. The lowest BCUT2D eigenvalue weighted by Gasteiger charge is -2.03. The van der Waals surface area contributed by atoms with Gasteiger partial charge >= 0.3 is 5.97 Å². The second kappa shape index (κ2) is 7.69. The summed E-state index contributed by atoms with van der Waals surface area (Å²) in [6.07, 6.45) is 4.47. The number of amides is 1. The minimum Gasteiger partial charge on any atom is -0.508 e. The number of carbonyl (C=O) groups is 2. The molecule has 1 aliphatic rings. The van der Waals surface area contributed by atoms with Crippen molar-refractivity contribution in [3.8, 4) is 5.75 Å². The predicted octanol–water partition coefficient (Wildman–Crippen LogP) is 2.40. The Labute approximate surface area is 150 Å². The van der Waals surface area contributed by atoms with Gasteiger partial charge in [-0.1, -0.05) is 12.1 Å². The third-order valence-electron chi connectivity index (χ3n) is 3.95. The van der Waals surface area contributed by atoms with E-state index in [1.165, 1.54) is 0 Å². The molecule has 0 spiro atoms. The molecular formula is C19H19N3O4. The summed E-state index contributed by atoms with van der Waals surface area (Å²) in [5.41, 5.74) is 5.64. The SMILES string of the molecule is CCOC(=O)c1c[nH]c(/C=C2/C(=O)NN=C2CCc2ccc(O)cc2)c1. The Morgan fingerprint density at radius 2 is 2.04 bits per heavy atom. The number of nitrogens with zero attached hydrogens (tertiary/aromatic N) is 1. The van der Waals surface area contributed by atoms with Gasteiger partial charge in [0.15, 0.2) is 0 Å². The molecule has 1 aromatic carbocycles. The number of hydrogen-bond donors (Lipinski definition) is 3. The molecule has 3 rings (SSSR count). The first-order valence-electron chi connectivity index (χ1n) is 8.29. The number of aromatic nitrogens is 1. The topological polar surface area (TPSA) is 104 Å². The van der Waals surface area contributed by atoms with Crippen LogP contribution in [-0.2, 0) is 16.0 Å². The number of H-pyrrole nitrogens is 1. The van der Waals surface area contributed by atoms with E-state index in [2.05, 4.69) is 15.5 Å². The van der Waals surface area contributed by atoms with Crippen molar-refractivity contribution in [2.24, 2.45) is 5.10 Å². The van der Waals surface area contributed by atoms with E-state index in [4.69, 9.17) is 4.74 Å². The van der Waals surface area contributed by atoms with Crippen molar-refractivity contribution in [3.05, 3.63) is 58.9 Å². The van der Waals surface area contributed by atoms with Gasteiger partial charge in [-0.2, -0.15) is 5.10 Å². The van der Waals surface area contributed by atoms with Crippen molar-refractivity contribution < 1.29 is 19.4 Å². The average Bonchev–Trinajstić information content (AvgIpc) is 3.23. The van der Waals surface area contributed by atoms with Crippen LogP contribution in [-0.4, -0.2) is 34.3 Å². The van der Waals surface area contributed by atoms with E-state index in [0.717, 1.165) is 5.56 Å². The quantitative estimate of drug-likeness (QED) is 0.548. The molecule has 0 atom stereocenters. The average molecular weight is 353 g/mol. The highest BCUT2D eigenvalue weighted by Crippen LogP contribution is 2.18. The number of aromatic hydroxyl groups is 1. The summed E-state index contributed by atoms with van der Waals surface area (Å²) in [7, 11) is 0. The summed E-state index contributed by atoms with van der Waals surface area (Å²) in [6.45, 7) is 2.05. The number of aryl methyl sites for hydroxylation is 1. The monoisotopic (exact) mass is 353 g/mol. The van der Waals surface area contributed by atoms with Crippen molar-refractivity contribution in [1.82, 2.24) is 10.4 Å². The zero-order chi connectivity index (χ0) is 18.5. The zero-order valence-corrected chi connectivity index (χ0v) is 14.3. The first-order valence-corrected chi connectivity index (χ1v) is 8.29. The van der Waals surface area contributed by atoms with E-state index in [1.807, 2.05) is 12.1 Å². The van der Waals surface area contributed by atoms with Crippen LogP contribution in [0.2, 0.25) is 0 Å². The van der Waals surface area contributed by atoms with Gasteiger partial charge in [-0.25, -0.2) is 10.2 Å². The number of hydrazone groups is 1. The zero-order valence-electron chi connectivity index (χ0n) is 14.3. The van der Waals surface area contributed by atoms with Gasteiger partial charge in [0, 0.05) is 11.9 Å². The molecule has 134 valence electrons. The first kappa shape index (κ1) is 17.5. The van der Waals surface area contributed by atoms with E-state index >= 15 is 0 Å². The largest absolute Gasteiger partial charge is 0.508 e. The Morgan fingerprint density at radius 3 is 2.77 bits per heavy atom. The molecular weight excluding hydrogens is 334 g/mol. The number of rotatable bonds is 6. The van der Waals surface area contributed by atoms with Gasteiger partial charge in [-0.15, -0.1) is 0 Å². The Kier molecular flexibility index (Phi) is 5.17. The highest BCUT2D eigenvalue weighted by atomic mass is 16.5. The third-order valence-corrected chi connectivity index (χ3v) is 3.95. The van der Waals surface area contributed by atoms with Crippen molar-refractivity contribution >= 4 is 23.7 Å². The lowest BCUT2D eigenvalue weighted by atomic mass is 10.0. The molecule has 0 bridgehead atoms. The molecule has 1 aliphatic heterocycles. The number of carbonyl (C=O) groups excluding carboxylic acids is 2. The van der Waals surface area contributed by atoms with Gasteiger partial charge in [0.05, 0.1) is 23.5 Å². The van der Waals surface area contributed by atoms with Crippen LogP contribution in [0.25, 0.3) is 6.08 Å². The Hall–Kier alpha value is -3.35. The van der Waals surface area contributed by atoms with Gasteiger partial charge in [0.1, 0.15) is 5.75 Å². The number of phenolic OH excluding ortho intramolecular Hbond substituents is 1. The van der Waals surface area contributed by atoms with E-state index in [-0.39, 0.29) is 11.7 Å². The van der Waals surface area contributed by atoms with E-state index in [0.29, 0.717) is 42.0 Å². The Bertz CT molecular complexity index is 878. The molecule has 0 radical (unpaired) electrons. The number of phenols is 1. The van der Waals surface area contributed by atoms with Crippen LogP contribution in [0.15, 0.2) is 47.2 Å². The fourth-order valence-electron chi connectivity index (χ4n) is 2.62. The van der Waals surface area contributed by atoms with Gasteiger partial charge in [-0.05, 0) is 49.6 Å². The summed E-state index contributed by atoms with van der Waals surface area (Å²) >= 11 is 0. The van der Waals surface area contributed by atoms with E-state index in [9.17, 15) is 14.7 Å². The maximum absolute atomic E-state index is 12.1. The third kappa shape index (κ3) is 4.00. The molecule has 2 aromatic rings. The highest BCUT2D eigenvalue weighted by molar-refractivity contribution is 6.27. The van der Waals surface area contributed by atoms with E-state index < -0.39 is 5.97 Å². The summed E-state index contributed by atoms with van der Waals surface area (Å²) in [5.74, 6) is -0.475. The second-order valence-corrected chi connectivity index (χ2v) is 5.79. The van der Waals surface area contributed by atoms with Crippen LogP contribution in [0.3, 0.4) is 0 Å². The normalized spacial score (nSPS) is 15.0. The van der Waals surface area contributed by atoms with Crippen molar-refractivity contribution in [1.29, 1.82) is 0 Å². The molecule has 7 nitrogen and oxygen atoms in total. The molecule has 26 heavy (non-hydrogen) atoms. The summed E-state index contributed by atoms with van der Waals surface area (Å²) in [6, 6.07) is 8.55. The first-order chi connectivity index (χ1) is 12.6. The van der Waals surface area contributed by atoms with Crippen LogP contribution >= 0.6 is 0 Å². The Balaban J connectivity index is 1.72. The lowest BCUT2D eigenvalue weighted by Crippen LogP contribution is -2.13. The number of ether oxygens (including phenoxy) is 1. The molecule has 3 N–H and O–H groups in total. The minimum absolute atomic E-state index is 0.216. The van der Waals surface area contributed by atoms with Crippen molar-refractivity contribution in [2.45, 2.75) is 19.8 Å². The molecule has 1 aromatic heterocycles. The number of benzene rings is 1. The molecule has 2 heterocycles. The Morgan fingerprint density at radius 1 is 1.27 bits per heavy atom. The molecule has 0 aliphatic carbocycles. The summed E-state index contributed by atoms with van der Waals surface area (Å²) < 4.78 is 4.95. The molecule has 0 fully saturated rings. The van der Waals surface area contributed by atoms with Crippen molar-refractivity contribution in [2.75, 3.05) is 6.61 Å². The number of aromatic amines is 1. The van der Waals surface area contributed by atoms with Gasteiger partial charge < -0.3 is 14.8 Å². The summed E-state index contributed by atoms with van der Waals surface area (Å²) in [5, 5.41) is 13.4. The fourth-order valence-corrected chi connectivity index (χ4v) is 2.62. The molecule has 0 saturated carbocycles. The van der Waals surface area contributed by atoms with Crippen molar-refractivity contribution in [3.63, 3.8) is 0 Å². The molecule has 0 unspecified atom stereocenters. The predicted molar refractivity (Wildman–Crippen MR) is 96.7 cm³/mol. The molecule has 7 heteroatoms. The van der Waals surface area contributed by atoms with Crippen LogP contribution in [0.5, 0.6) is 5.75 Å². The maximum Gasteiger partial charge on any atom is 0.339 e. The van der Waals surface area contributed by atoms with Gasteiger partial charge in [0.25, 0.3) is 5.91 Å². The van der Waals surface area contributed by atoms with Crippen LogP contribution in [0.4, 0.5) is 0 Å². The van der Waals surface area contributed by atoms with Gasteiger partial charge in [0.2, 0.25) is 0 Å². The smallest absolute Gasteiger partial charge is 0.339 e. The number of nitrogens with one attached hydrogen (secondary N) is 2. The van der Waals surface area contributed by atoms with Gasteiger partial charge in [-0.3, -0.25) is 4.79 Å². The molecule has 1 amide bonds. The second-order valence-electron chi connectivity index (χ2n) is 5.79. The van der Waals surface area contributed by atoms with Crippen LogP contribution in [0.1, 0.15) is 35.0 Å². The van der Waals surface area contributed by atoms with Crippen LogP contribution in [0, 0.1) is 0 Å². The maximum atomic E-state index is 12.1. The molecule has 0 saturated heterocycles. The minimum atomic E-state index is -0.412.